The van der Waals surface area contributed by atoms with Gasteiger partial charge in [-0.25, -0.2) is 4.79 Å². The van der Waals surface area contributed by atoms with Crippen molar-refractivity contribution in [1.29, 1.82) is 0 Å². The van der Waals surface area contributed by atoms with E-state index in [1.165, 1.54) is 6.07 Å². The molecule has 1 aliphatic carbocycles. The second-order valence-corrected chi connectivity index (χ2v) is 3.37. The van der Waals surface area contributed by atoms with Gasteiger partial charge in [-0.1, -0.05) is 6.08 Å². The lowest BCUT2D eigenvalue weighted by molar-refractivity contribution is 0.405. The molecule has 0 spiro atoms. The first-order valence-corrected chi connectivity index (χ1v) is 4.33. The summed E-state index contributed by atoms with van der Waals surface area (Å²) in [6.07, 6.45) is 2.23. The third kappa shape index (κ3) is 1.44. The van der Waals surface area contributed by atoms with E-state index in [0.717, 1.165) is 10.5 Å². The molecule has 1 aromatic heterocycles. The molecular formula is C9H7O3P. The van der Waals surface area contributed by atoms with Crippen molar-refractivity contribution >= 4 is 26.4 Å². The number of hydrogen-bond acceptors (Lipinski definition) is 3. The van der Waals surface area contributed by atoms with Crippen molar-refractivity contribution in [2.45, 2.75) is 6.42 Å². The molecule has 0 fully saturated rings. The van der Waals surface area contributed by atoms with Gasteiger partial charge in [0, 0.05) is 17.7 Å². The predicted octanol–water partition coefficient (Wildman–Crippen LogP) is -0.854. The number of hydrogen-bond donors (Lipinski definition) is 1. The normalized spacial score (nSPS) is 13.8. The molecule has 2 rings (SSSR count). The van der Waals surface area contributed by atoms with E-state index >= 15 is 0 Å². The standard InChI is InChI=1S/C9H7O3P/c10-5-1-2-6-7(3-5)12-9(11)4-8(6)13/h2,4,10H,1,13H2. The van der Waals surface area contributed by atoms with Crippen LogP contribution in [0.2, 0.25) is 0 Å². The lowest BCUT2D eigenvalue weighted by atomic mass is 10.2. The van der Waals surface area contributed by atoms with Gasteiger partial charge in [0.2, 0.25) is 0 Å². The molecule has 66 valence electrons. The van der Waals surface area contributed by atoms with E-state index in [-0.39, 0.29) is 5.76 Å². The SMILES string of the molecule is O=c1cc(P)c2c(o1)=C=C(O)CC=2. The summed E-state index contributed by atoms with van der Waals surface area (Å²) >= 11 is 0. The van der Waals surface area contributed by atoms with Gasteiger partial charge in [0.25, 0.3) is 0 Å². The Morgan fingerprint density at radius 2 is 2.38 bits per heavy atom. The summed E-state index contributed by atoms with van der Waals surface area (Å²) in [5.74, 6) is 0.0891. The van der Waals surface area contributed by atoms with Crippen LogP contribution in [0, 0.1) is 0 Å². The van der Waals surface area contributed by atoms with E-state index in [2.05, 4.69) is 15.0 Å². The van der Waals surface area contributed by atoms with Crippen LogP contribution in [0.15, 0.2) is 21.0 Å². The van der Waals surface area contributed by atoms with Crippen LogP contribution in [0.1, 0.15) is 6.42 Å². The van der Waals surface area contributed by atoms with E-state index in [9.17, 15) is 4.79 Å². The summed E-state index contributed by atoms with van der Waals surface area (Å²) in [4.78, 5) is 10.9. The zero-order valence-corrected chi connectivity index (χ0v) is 7.86. The fraction of sp³-hybridized carbons (Fsp3) is 0.111. The largest absolute Gasteiger partial charge is 0.504 e. The monoisotopic (exact) mass is 194 g/mol. The van der Waals surface area contributed by atoms with Gasteiger partial charge >= 0.3 is 5.63 Å². The maximum Gasteiger partial charge on any atom is 0.337 e. The van der Waals surface area contributed by atoms with Gasteiger partial charge in [0.1, 0.15) is 5.76 Å². The number of fused-ring (bicyclic) bond motifs is 1. The van der Waals surface area contributed by atoms with E-state index in [4.69, 9.17) is 9.52 Å². The van der Waals surface area contributed by atoms with Crippen molar-refractivity contribution in [3.8, 4) is 0 Å². The highest BCUT2D eigenvalue weighted by molar-refractivity contribution is 7.27. The van der Waals surface area contributed by atoms with Gasteiger partial charge < -0.3 is 9.52 Å². The minimum atomic E-state index is -0.431. The van der Waals surface area contributed by atoms with Crippen molar-refractivity contribution in [3.05, 3.63) is 32.9 Å². The molecule has 0 aliphatic heterocycles. The fourth-order valence-electron chi connectivity index (χ4n) is 1.21. The maximum absolute atomic E-state index is 10.9. The fourth-order valence-corrected chi connectivity index (χ4v) is 1.59. The zero-order chi connectivity index (χ0) is 9.42. The minimum absolute atomic E-state index is 0.0891. The molecule has 0 saturated heterocycles. The minimum Gasteiger partial charge on any atom is -0.504 e. The number of aliphatic hydroxyl groups is 1. The number of allylic oxidation sites excluding steroid dienone is 1. The quantitative estimate of drug-likeness (QED) is 0.547. The van der Waals surface area contributed by atoms with Crippen LogP contribution in [0.25, 0.3) is 11.8 Å². The first-order chi connectivity index (χ1) is 6.16. The molecule has 13 heavy (non-hydrogen) atoms. The van der Waals surface area contributed by atoms with Crippen LogP contribution in [0.5, 0.6) is 0 Å². The van der Waals surface area contributed by atoms with Crippen LogP contribution in [0.4, 0.5) is 0 Å². The number of rotatable bonds is 0. The van der Waals surface area contributed by atoms with Crippen LogP contribution >= 0.6 is 9.24 Å². The Kier molecular flexibility index (Phi) is 1.84. The first kappa shape index (κ1) is 8.31. The van der Waals surface area contributed by atoms with Gasteiger partial charge in [-0.2, -0.15) is 0 Å². The molecule has 1 unspecified atom stereocenters. The highest BCUT2D eigenvalue weighted by Gasteiger charge is 2.01. The van der Waals surface area contributed by atoms with Crippen LogP contribution in [-0.4, -0.2) is 5.11 Å². The molecule has 0 bridgehead atoms. The summed E-state index contributed by atoms with van der Waals surface area (Å²) in [5.41, 5.74) is 2.48. The van der Waals surface area contributed by atoms with E-state index in [1.54, 1.807) is 6.08 Å². The second-order valence-electron chi connectivity index (χ2n) is 2.74. The van der Waals surface area contributed by atoms with E-state index in [0.29, 0.717) is 11.8 Å². The van der Waals surface area contributed by atoms with Crippen molar-refractivity contribution in [1.82, 2.24) is 0 Å². The Hall–Kier alpha value is -1.30. The van der Waals surface area contributed by atoms with Crippen LogP contribution in [0.3, 0.4) is 0 Å². The number of aliphatic hydroxyl groups excluding tert-OH is 1. The lowest BCUT2D eigenvalue weighted by Crippen LogP contribution is -2.39. The van der Waals surface area contributed by atoms with Crippen molar-refractivity contribution < 1.29 is 9.52 Å². The summed E-state index contributed by atoms with van der Waals surface area (Å²) < 4.78 is 4.86. The average Bonchev–Trinajstić information content (AvgIpc) is 2.02. The smallest absolute Gasteiger partial charge is 0.337 e. The Morgan fingerprint density at radius 3 is 3.15 bits per heavy atom. The van der Waals surface area contributed by atoms with Gasteiger partial charge in [0.15, 0.2) is 5.42 Å². The van der Waals surface area contributed by atoms with Gasteiger partial charge in [-0.15, -0.1) is 9.24 Å². The zero-order valence-electron chi connectivity index (χ0n) is 6.70. The summed E-state index contributed by atoms with van der Waals surface area (Å²) in [7, 11) is 2.45. The summed E-state index contributed by atoms with van der Waals surface area (Å²) in [6, 6.07) is 1.39. The van der Waals surface area contributed by atoms with Crippen molar-refractivity contribution in [2.75, 3.05) is 0 Å². The predicted molar refractivity (Wildman–Crippen MR) is 52.2 cm³/mol. The molecule has 1 aromatic rings. The van der Waals surface area contributed by atoms with Crippen molar-refractivity contribution in [2.24, 2.45) is 0 Å². The molecule has 1 N–H and O–H groups in total. The average molecular weight is 194 g/mol. The van der Waals surface area contributed by atoms with Gasteiger partial charge in [-0.3, -0.25) is 0 Å². The molecule has 0 saturated carbocycles. The molecule has 4 heteroatoms. The second kappa shape index (κ2) is 2.88. The summed E-state index contributed by atoms with van der Waals surface area (Å²) in [6.45, 7) is 0. The molecule has 1 atom stereocenters. The van der Waals surface area contributed by atoms with E-state index in [1.807, 2.05) is 0 Å². The Balaban J connectivity index is 3.07. The van der Waals surface area contributed by atoms with Crippen LogP contribution in [-0.2, 0) is 0 Å². The third-order valence-corrected chi connectivity index (χ3v) is 2.27. The lowest BCUT2D eigenvalue weighted by Gasteiger charge is -1.98. The van der Waals surface area contributed by atoms with Crippen molar-refractivity contribution in [3.63, 3.8) is 0 Å². The molecule has 3 nitrogen and oxygen atoms in total. The Bertz CT molecular complexity index is 562. The molecule has 1 heterocycles. The molecule has 0 amide bonds. The van der Waals surface area contributed by atoms with Gasteiger partial charge in [-0.05, 0) is 11.0 Å². The maximum atomic E-state index is 10.9. The molecule has 0 aromatic carbocycles. The van der Waals surface area contributed by atoms with Gasteiger partial charge in [0.05, 0.1) is 0 Å². The Labute approximate surface area is 75.9 Å². The molecule has 0 radical (unpaired) electrons. The Morgan fingerprint density at radius 1 is 1.62 bits per heavy atom. The summed E-state index contributed by atoms with van der Waals surface area (Å²) in [5, 5.41) is 10.7. The van der Waals surface area contributed by atoms with Crippen LogP contribution < -0.4 is 21.6 Å². The first-order valence-electron chi connectivity index (χ1n) is 3.75. The van der Waals surface area contributed by atoms with E-state index < -0.39 is 5.63 Å². The topological polar surface area (TPSA) is 50.4 Å². The molecular weight excluding hydrogens is 187 g/mol. The third-order valence-electron chi connectivity index (χ3n) is 1.79. The highest BCUT2D eigenvalue weighted by atomic mass is 31.0. The molecule has 1 aliphatic rings. The highest BCUT2D eigenvalue weighted by Crippen LogP contribution is 1.95.